The Morgan fingerprint density at radius 1 is 1.22 bits per heavy atom. The van der Waals surface area contributed by atoms with Gasteiger partial charge in [0.25, 0.3) is 0 Å². The molecule has 2 saturated heterocycles. The lowest BCUT2D eigenvalue weighted by atomic mass is 9.83. The molecule has 23 heavy (non-hydrogen) atoms. The Bertz CT molecular complexity index is 725. The number of ether oxygens (including phenoxy) is 1. The van der Waals surface area contributed by atoms with Crippen LogP contribution in [0.3, 0.4) is 0 Å². The minimum atomic E-state index is -0.309. The second-order valence-corrected chi connectivity index (χ2v) is 6.92. The van der Waals surface area contributed by atoms with Crippen LogP contribution in [0.25, 0.3) is 11.3 Å². The number of likely N-dealkylation sites (tertiary alicyclic amines) is 1. The molecule has 5 rings (SSSR count). The summed E-state index contributed by atoms with van der Waals surface area (Å²) in [6.45, 7) is 3.42. The topological polar surface area (TPSA) is 50.5 Å². The van der Waals surface area contributed by atoms with Crippen molar-refractivity contribution in [3.8, 4) is 11.3 Å². The van der Waals surface area contributed by atoms with Gasteiger partial charge in [0.05, 0.1) is 49.6 Å². The molecular weight excluding hydrogens is 290 g/mol. The molecule has 5 nitrogen and oxygen atoms in total. The van der Waals surface area contributed by atoms with Crippen LogP contribution >= 0.6 is 0 Å². The van der Waals surface area contributed by atoms with Crippen LogP contribution in [-0.2, 0) is 4.74 Å². The number of fused-ring (bicyclic) bond motifs is 3. The summed E-state index contributed by atoms with van der Waals surface area (Å²) in [7, 11) is 0. The molecule has 1 aromatic carbocycles. The van der Waals surface area contributed by atoms with E-state index in [4.69, 9.17) is 4.74 Å². The average Bonchev–Trinajstić information content (AvgIpc) is 3.07. The van der Waals surface area contributed by atoms with Crippen LogP contribution in [0.2, 0.25) is 0 Å². The van der Waals surface area contributed by atoms with Gasteiger partial charge in [-0.05, 0) is 18.5 Å². The first kappa shape index (κ1) is 13.7. The van der Waals surface area contributed by atoms with Crippen LogP contribution in [0.15, 0.2) is 36.8 Å². The SMILES string of the molecule is O[C@@H]1CN(C2COC2)CC[C@H]1C1c2ccccc2-c2cncn21. The maximum atomic E-state index is 10.8. The van der Waals surface area contributed by atoms with Gasteiger partial charge in [0.1, 0.15) is 0 Å². The van der Waals surface area contributed by atoms with Gasteiger partial charge in [-0.15, -0.1) is 0 Å². The Kier molecular flexibility index (Phi) is 3.08. The average molecular weight is 311 g/mol. The first-order valence-electron chi connectivity index (χ1n) is 8.44. The summed E-state index contributed by atoms with van der Waals surface area (Å²) >= 11 is 0. The van der Waals surface area contributed by atoms with Gasteiger partial charge in [-0.3, -0.25) is 4.90 Å². The number of hydrogen-bond donors (Lipinski definition) is 1. The molecule has 1 unspecified atom stereocenters. The molecule has 2 aromatic rings. The summed E-state index contributed by atoms with van der Waals surface area (Å²) in [4.78, 5) is 6.72. The summed E-state index contributed by atoms with van der Waals surface area (Å²) in [6.07, 6.45) is 4.55. The van der Waals surface area contributed by atoms with Gasteiger partial charge in [-0.25, -0.2) is 4.98 Å². The van der Waals surface area contributed by atoms with Crippen LogP contribution in [-0.4, -0.2) is 58.0 Å². The van der Waals surface area contributed by atoms with Crippen molar-refractivity contribution in [2.75, 3.05) is 26.3 Å². The van der Waals surface area contributed by atoms with Crippen LogP contribution < -0.4 is 0 Å². The normalized spacial score (nSPS) is 30.7. The highest BCUT2D eigenvalue weighted by Gasteiger charge is 2.42. The smallest absolute Gasteiger partial charge is 0.0956 e. The third-order valence-corrected chi connectivity index (χ3v) is 5.73. The summed E-state index contributed by atoms with van der Waals surface area (Å²) in [5.74, 6) is 0.240. The van der Waals surface area contributed by atoms with Crippen molar-refractivity contribution < 1.29 is 9.84 Å². The summed E-state index contributed by atoms with van der Waals surface area (Å²) in [5.41, 5.74) is 3.76. The molecule has 0 bridgehead atoms. The maximum absolute atomic E-state index is 10.8. The number of nitrogens with zero attached hydrogens (tertiary/aromatic N) is 3. The van der Waals surface area contributed by atoms with Gasteiger partial charge < -0.3 is 14.4 Å². The van der Waals surface area contributed by atoms with E-state index in [2.05, 4.69) is 38.7 Å². The molecular formula is C18H21N3O2. The van der Waals surface area contributed by atoms with Gasteiger partial charge in [-0.2, -0.15) is 0 Å². The molecule has 0 aliphatic carbocycles. The molecule has 2 fully saturated rings. The van der Waals surface area contributed by atoms with E-state index < -0.39 is 0 Å². The number of aliphatic hydroxyl groups is 1. The second-order valence-electron chi connectivity index (χ2n) is 6.92. The molecule has 3 atom stereocenters. The highest BCUT2D eigenvalue weighted by molar-refractivity contribution is 5.69. The van der Waals surface area contributed by atoms with E-state index in [0.717, 1.165) is 32.7 Å². The first-order valence-corrected chi connectivity index (χ1v) is 8.44. The van der Waals surface area contributed by atoms with Crippen molar-refractivity contribution in [1.82, 2.24) is 14.5 Å². The zero-order valence-electron chi connectivity index (χ0n) is 13.0. The summed E-state index contributed by atoms with van der Waals surface area (Å²) < 4.78 is 7.55. The molecule has 0 spiro atoms. The van der Waals surface area contributed by atoms with Gasteiger partial charge in [-0.1, -0.05) is 24.3 Å². The molecule has 1 aromatic heterocycles. The maximum Gasteiger partial charge on any atom is 0.0956 e. The lowest BCUT2D eigenvalue weighted by Crippen LogP contribution is -2.56. The van der Waals surface area contributed by atoms with E-state index in [0.29, 0.717) is 6.04 Å². The molecule has 3 aliphatic heterocycles. The fourth-order valence-electron chi connectivity index (χ4n) is 4.42. The first-order chi connectivity index (χ1) is 11.3. The van der Waals surface area contributed by atoms with E-state index in [9.17, 15) is 5.11 Å². The number of rotatable bonds is 2. The molecule has 5 heteroatoms. The molecule has 0 saturated carbocycles. The molecule has 3 aliphatic rings. The van der Waals surface area contributed by atoms with Crippen molar-refractivity contribution >= 4 is 0 Å². The van der Waals surface area contributed by atoms with Gasteiger partial charge >= 0.3 is 0 Å². The number of aromatic nitrogens is 2. The minimum Gasteiger partial charge on any atom is -0.391 e. The van der Waals surface area contributed by atoms with Gasteiger partial charge in [0.2, 0.25) is 0 Å². The molecule has 4 heterocycles. The number of β-amino-alcohol motifs (C(OH)–C–C–N with tert-alkyl or cyclic N) is 1. The number of aliphatic hydroxyl groups excluding tert-OH is 1. The van der Waals surface area contributed by atoms with E-state index in [-0.39, 0.29) is 18.1 Å². The van der Waals surface area contributed by atoms with Crippen molar-refractivity contribution in [1.29, 1.82) is 0 Å². The number of hydrogen-bond acceptors (Lipinski definition) is 4. The number of benzene rings is 1. The fourth-order valence-corrected chi connectivity index (χ4v) is 4.42. The minimum absolute atomic E-state index is 0.207. The Hall–Kier alpha value is -1.69. The van der Waals surface area contributed by atoms with Crippen LogP contribution in [0, 0.1) is 5.92 Å². The highest BCUT2D eigenvalue weighted by Crippen LogP contribution is 2.45. The molecule has 0 amide bonds. The summed E-state index contributed by atoms with van der Waals surface area (Å²) in [5, 5.41) is 10.8. The van der Waals surface area contributed by atoms with E-state index in [1.807, 2.05) is 12.5 Å². The Labute approximate surface area is 135 Å². The molecule has 0 radical (unpaired) electrons. The van der Waals surface area contributed by atoms with Crippen molar-refractivity contribution in [2.45, 2.75) is 24.6 Å². The van der Waals surface area contributed by atoms with Crippen LogP contribution in [0.4, 0.5) is 0 Å². The Morgan fingerprint density at radius 3 is 2.87 bits per heavy atom. The van der Waals surface area contributed by atoms with E-state index >= 15 is 0 Å². The lowest BCUT2D eigenvalue weighted by Gasteiger charge is -2.45. The second kappa shape index (κ2) is 5.16. The van der Waals surface area contributed by atoms with Gasteiger partial charge in [0, 0.05) is 18.0 Å². The number of imidazole rings is 1. The molecule has 120 valence electrons. The van der Waals surface area contributed by atoms with Gasteiger partial charge in [0.15, 0.2) is 0 Å². The third kappa shape index (κ3) is 2.00. The lowest BCUT2D eigenvalue weighted by molar-refractivity contribution is -0.0986. The zero-order chi connectivity index (χ0) is 15.4. The summed E-state index contributed by atoms with van der Waals surface area (Å²) in [6, 6.07) is 9.25. The van der Waals surface area contributed by atoms with Crippen molar-refractivity contribution in [2.24, 2.45) is 5.92 Å². The zero-order valence-corrected chi connectivity index (χ0v) is 13.0. The predicted molar refractivity (Wildman–Crippen MR) is 86.1 cm³/mol. The Morgan fingerprint density at radius 2 is 2.09 bits per heavy atom. The predicted octanol–water partition coefficient (Wildman–Crippen LogP) is 1.53. The fraction of sp³-hybridized carbons (Fsp3) is 0.500. The number of piperidine rings is 1. The van der Waals surface area contributed by atoms with Crippen LogP contribution in [0.5, 0.6) is 0 Å². The van der Waals surface area contributed by atoms with Crippen LogP contribution in [0.1, 0.15) is 18.0 Å². The van der Waals surface area contributed by atoms with E-state index in [1.54, 1.807) is 0 Å². The third-order valence-electron chi connectivity index (χ3n) is 5.73. The highest BCUT2D eigenvalue weighted by atomic mass is 16.5. The van der Waals surface area contributed by atoms with E-state index in [1.165, 1.54) is 16.8 Å². The largest absolute Gasteiger partial charge is 0.391 e. The monoisotopic (exact) mass is 311 g/mol. The quantitative estimate of drug-likeness (QED) is 0.914. The Balaban J connectivity index is 1.46. The standard InChI is InChI=1S/C18H21N3O2/c22-17-8-20(12-9-23-10-12)6-5-15(17)18-14-4-2-1-3-13(14)16-7-19-11-21(16)18/h1-4,7,11-12,15,17-18,22H,5-6,8-10H2/t15-,17-,18?/m1/s1. The molecule has 1 N–H and O–H groups in total. The van der Waals surface area contributed by atoms with Crippen molar-refractivity contribution in [3.63, 3.8) is 0 Å². The van der Waals surface area contributed by atoms with Crippen molar-refractivity contribution in [3.05, 3.63) is 42.4 Å².